The molecule has 3 fully saturated rings. The Balaban J connectivity index is 1.22. The van der Waals surface area contributed by atoms with E-state index in [0.29, 0.717) is 31.8 Å². The molecule has 0 N–H and O–H groups in total. The summed E-state index contributed by atoms with van der Waals surface area (Å²) in [4.78, 5) is 32.3. The molecule has 0 saturated carbocycles. The van der Waals surface area contributed by atoms with E-state index in [1.165, 1.54) is 5.56 Å². The molecular formula is C25H35N3O4. The van der Waals surface area contributed by atoms with Crippen LogP contribution >= 0.6 is 0 Å². The third-order valence-electron chi connectivity index (χ3n) is 8.02. The lowest BCUT2D eigenvalue weighted by Gasteiger charge is -2.43. The van der Waals surface area contributed by atoms with Crippen LogP contribution < -0.4 is 4.90 Å². The summed E-state index contributed by atoms with van der Waals surface area (Å²) < 4.78 is 10.8. The number of piperidine rings is 2. The molecule has 5 rings (SSSR count). The molecule has 7 nitrogen and oxygen atoms in total. The van der Waals surface area contributed by atoms with Crippen molar-refractivity contribution in [3.8, 4) is 0 Å². The maximum absolute atomic E-state index is 13.8. The molecule has 3 saturated heterocycles. The molecule has 0 bridgehead atoms. The van der Waals surface area contributed by atoms with E-state index >= 15 is 0 Å². The lowest BCUT2D eigenvalue weighted by Crippen LogP contribution is -2.54. The Kier molecular flexibility index (Phi) is 6.12. The van der Waals surface area contributed by atoms with E-state index in [4.69, 9.17) is 9.47 Å². The van der Waals surface area contributed by atoms with E-state index in [1.807, 2.05) is 11.8 Å². The first-order valence-corrected chi connectivity index (χ1v) is 12.3. The van der Waals surface area contributed by atoms with Crippen molar-refractivity contribution in [2.75, 3.05) is 50.9 Å². The first kappa shape index (κ1) is 21.7. The molecule has 0 atom stereocenters. The Bertz CT molecular complexity index is 837. The van der Waals surface area contributed by atoms with Crippen LogP contribution in [0.2, 0.25) is 0 Å². The van der Waals surface area contributed by atoms with E-state index < -0.39 is 0 Å². The summed E-state index contributed by atoms with van der Waals surface area (Å²) in [5, 5.41) is 0. The molecule has 0 aliphatic carbocycles. The molecule has 7 heteroatoms. The van der Waals surface area contributed by atoms with Gasteiger partial charge >= 0.3 is 6.09 Å². The Morgan fingerprint density at radius 1 is 1.03 bits per heavy atom. The van der Waals surface area contributed by atoms with Crippen LogP contribution in [0.3, 0.4) is 0 Å². The molecule has 0 radical (unpaired) electrons. The number of nitrogens with zero attached hydrogens (tertiary/aromatic N) is 3. The van der Waals surface area contributed by atoms with E-state index in [9.17, 15) is 9.59 Å². The second kappa shape index (κ2) is 9.02. The molecule has 2 amide bonds. The minimum Gasteiger partial charge on any atom is -0.450 e. The zero-order chi connectivity index (χ0) is 22.1. The summed E-state index contributed by atoms with van der Waals surface area (Å²) in [7, 11) is 0. The van der Waals surface area contributed by atoms with Gasteiger partial charge < -0.3 is 24.2 Å². The van der Waals surface area contributed by atoms with Crippen LogP contribution in [-0.2, 0) is 19.7 Å². The summed E-state index contributed by atoms with van der Waals surface area (Å²) in [6.45, 7) is 7.17. The van der Waals surface area contributed by atoms with Crippen LogP contribution in [0.1, 0.15) is 51.0 Å². The number of para-hydroxylation sites is 1. The highest BCUT2D eigenvalue weighted by atomic mass is 16.6. The highest BCUT2D eigenvalue weighted by Crippen LogP contribution is 2.49. The van der Waals surface area contributed by atoms with Gasteiger partial charge in [0.2, 0.25) is 5.91 Å². The fourth-order valence-corrected chi connectivity index (χ4v) is 6.25. The largest absolute Gasteiger partial charge is 0.450 e. The molecule has 0 unspecified atom stereocenters. The van der Waals surface area contributed by atoms with Crippen molar-refractivity contribution in [3.05, 3.63) is 29.8 Å². The number of fused-ring (bicyclic) bond motifs is 2. The quantitative estimate of drug-likeness (QED) is 0.721. The molecule has 4 aliphatic rings. The third kappa shape index (κ3) is 3.69. The summed E-state index contributed by atoms with van der Waals surface area (Å²) in [6, 6.07) is 9.20. The van der Waals surface area contributed by atoms with Crippen molar-refractivity contribution in [1.29, 1.82) is 0 Å². The minimum absolute atomic E-state index is 0.182. The van der Waals surface area contributed by atoms with E-state index in [1.54, 1.807) is 0 Å². The molecule has 0 aromatic heterocycles. The Morgan fingerprint density at radius 2 is 1.69 bits per heavy atom. The molecule has 32 heavy (non-hydrogen) atoms. The minimum atomic E-state index is -0.383. The van der Waals surface area contributed by atoms with Gasteiger partial charge in [-0.05, 0) is 57.1 Å². The monoisotopic (exact) mass is 441 g/mol. The number of ether oxygens (including phenoxy) is 2. The first-order chi connectivity index (χ1) is 15.6. The van der Waals surface area contributed by atoms with E-state index in [2.05, 4.69) is 34.1 Å². The summed E-state index contributed by atoms with van der Waals surface area (Å²) in [5.74, 6) is 0.295. The predicted octanol–water partition coefficient (Wildman–Crippen LogP) is 3.17. The van der Waals surface area contributed by atoms with Crippen LogP contribution in [0.15, 0.2) is 24.3 Å². The Morgan fingerprint density at radius 3 is 2.38 bits per heavy atom. The number of amides is 2. The van der Waals surface area contributed by atoms with Crippen molar-refractivity contribution in [1.82, 2.24) is 9.80 Å². The fourth-order valence-electron chi connectivity index (χ4n) is 6.25. The fraction of sp³-hybridized carbons (Fsp3) is 0.680. The smallest absolute Gasteiger partial charge is 0.409 e. The number of hydrogen-bond acceptors (Lipinski definition) is 5. The van der Waals surface area contributed by atoms with Crippen LogP contribution in [0, 0.1) is 0 Å². The van der Waals surface area contributed by atoms with Crippen molar-refractivity contribution in [2.24, 2.45) is 0 Å². The molecule has 174 valence electrons. The van der Waals surface area contributed by atoms with Gasteiger partial charge in [0.1, 0.15) is 0 Å². The van der Waals surface area contributed by atoms with Crippen LogP contribution in [0.5, 0.6) is 0 Å². The van der Waals surface area contributed by atoms with Gasteiger partial charge in [0.15, 0.2) is 0 Å². The number of rotatable bonds is 3. The third-order valence-corrected chi connectivity index (χ3v) is 8.02. The number of carbonyl (C=O) groups is 2. The van der Waals surface area contributed by atoms with Gasteiger partial charge in [-0.15, -0.1) is 0 Å². The molecule has 4 aliphatic heterocycles. The molecule has 1 aromatic rings. The molecular weight excluding hydrogens is 406 g/mol. The Hall–Kier alpha value is -2.12. The average molecular weight is 442 g/mol. The number of benzene rings is 1. The topological polar surface area (TPSA) is 62.3 Å². The summed E-state index contributed by atoms with van der Waals surface area (Å²) in [6.07, 6.45) is 5.40. The molecule has 4 heterocycles. The van der Waals surface area contributed by atoms with Crippen molar-refractivity contribution >= 4 is 17.7 Å². The second-order valence-corrected chi connectivity index (χ2v) is 9.57. The van der Waals surface area contributed by atoms with Crippen molar-refractivity contribution < 1.29 is 19.1 Å². The van der Waals surface area contributed by atoms with E-state index in [0.717, 1.165) is 70.4 Å². The summed E-state index contributed by atoms with van der Waals surface area (Å²) >= 11 is 0. The maximum atomic E-state index is 13.8. The number of hydrogen-bond donors (Lipinski definition) is 0. The molecule has 1 spiro atoms. The predicted molar refractivity (Wildman–Crippen MR) is 122 cm³/mol. The SMILES string of the molecule is CCOC(=O)N1CCC(N2CCC(N3C(=O)C4(CCOCC4)c4ccccc43)CC2)CC1. The van der Waals surface area contributed by atoms with Crippen molar-refractivity contribution in [2.45, 2.75) is 62.9 Å². The summed E-state index contributed by atoms with van der Waals surface area (Å²) in [5.41, 5.74) is 1.95. The van der Waals surface area contributed by atoms with Gasteiger partial charge in [0.25, 0.3) is 0 Å². The maximum Gasteiger partial charge on any atom is 0.409 e. The van der Waals surface area contributed by atoms with Gasteiger partial charge in [0, 0.05) is 57.2 Å². The highest BCUT2D eigenvalue weighted by molar-refractivity contribution is 6.08. The zero-order valence-corrected chi connectivity index (χ0v) is 19.1. The first-order valence-electron chi connectivity index (χ1n) is 12.3. The zero-order valence-electron chi connectivity index (χ0n) is 19.1. The van der Waals surface area contributed by atoms with Gasteiger partial charge in [-0.2, -0.15) is 0 Å². The average Bonchev–Trinajstić information content (AvgIpc) is 3.08. The highest BCUT2D eigenvalue weighted by Gasteiger charge is 2.53. The lowest BCUT2D eigenvalue weighted by atomic mass is 9.75. The Labute approximate surface area is 190 Å². The van der Waals surface area contributed by atoms with Gasteiger partial charge in [0.05, 0.1) is 12.0 Å². The molecule has 1 aromatic carbocycles. The van der Waals surface area contributed by atoms with Crippen LogP contribution in [-0.4, -0.2) is 79.9 Å². The van der Waals surface area contributed by atoms with E-state index in [-0.39, 0.29) is 17.6 Å². The normalized spacial score (nSPS) is 24.7. The number of likely N-dealkylation sites (tertiary alicyclic amines) is 2. The van der Waals surface area contributed by atoms with Crippen LogP contribution in [0.25, 0.3) is 0 Å². The van der Waals surface area contributed by atoms with Gasteiger partial charge in [-0.25, -0.2) is 4.79 Å². The lowest BCUT2D eigenvalue weighted by molar-refractivity contribution is -0.127. The number of carbonyl (C=O) groups excluding carboxylic acids is 2. The number of anilines is 1. The second-order valence-electron chi connectivity index (χ2n) is 9.57. The van der Waals surface area contributed by atoms with Gasteiger partial charge in [-0.3, -0.25) is 4.79 Å². The van der Waals surface area contributed by atoms with Crippen molar-refractivity contribution in [3.63, 3.8) is 0 Å². The standard InChI is InChI=1S/C25H35N3O4/c1-2-32-24(30)27-15-7-19(8-16-27)26-13-9-20(10-14-26)28-22-6-4-3-5-21(22)25(23(28)29)11-17-31-18-12-25/h3-6,19-20H,2,7-18H2,1H3. The van der Waals surface area contributed by atoms with Crippen LogP contribution in [0.4, 0.5) is 10.5 Å². The van der Waals surface area contributed by atoms with Gasteiger partial charge in [-0.1, -0.05) is 18.2 Å².